The lowest BCUT2D eigenvalue weighted by atomic mass is 10.1. The highest BCUT2D eigenvalue weighted by Gasteiger charge is 2.03. The van der Waals surface area contributed by atoms with E-state index >= 15 is 0 Å². The molecule has 2 aromatic rings. The van der Waals surface area contributed by atoms with Gasteiger partial charge in [0.2, 0.25) is 0 Å². The van der Waals surface area contributed by atoms with Crippen molar-refractivity contribution >= 4 is 28.3 Å². The molecule has 0 saturated heterocycles. The average Bonchev–Trinajstić information content (AvgIpc) is 2.35. The van der Waals surface area contributed by atoms with Gasteiger partial charge in [-0.25, -0.2) is 0 Å². The Hall–Kier alpha value is -1.23. The average molecular weight is 353 g/mol. The smallest absolute Gasteiger partial charge is 0.140 e. The van der Waals surface area contributed by atoms with Crippen molar-refractivity contribution in [2.24, 2.45) is 0 Å². The molecule has 2 N–H and O–H groups in total. The Morgan fingerprint density at radius 1 is 1.11 bits per heavy atom. The summed E-state index contributed by atoms with van der Waals surface area (Å²) in [4.78, 5) is 0. The summed E-state index contributed by atoms with van der Waals surface area (Å²) in [5, 5.41) is 0. The Morgan fingerprint density at radius 2 is 1.83 bits per heavy atom. The maximum absolute atomic E-state index is 5.83. The summed E-state index contributed by atoms with van der Waals surface area (Å²) >= 11 is 2.23. The van der Waals surface area contributed by atoms with Crippen LogP contribution in [0.5, 0.6) is 11.5 Å². The van der Waals surface area contributed by atoms with Gasteiger partial charge in [-0.1, -0.05) is 25.5 Å². The first-order valence-electron chi connectivity index (χ1n) is 6.01. The number of nitrogens with two attached hydrogens (primary N) is 1. The van der Waals surface area contributed by atoms with Crippen LogP contribution in [-0.2, 0) is 6.42 Å². The van der Waals surface area contributed by atoms with Crippen LogP contribution in [0.1, 0.15) is 18.9 Å². The predicted octanol–water partition coefficient (Wildman–Crippen LogP) is 4.62. The van der Waals surface area contributed by atoms with Crippen LogP contribution in [0.25, 0.3) is 0 Å². The van der Waals surface area contributed by atoms with Crippen molar-refractivity contribution in [2.45, 2.75) is 19.8 Å². The third-order valence-corrected chi connectivity index (χ3v) is 3.49. The molecule has 2 nitrogen and oxygen atoms in total. The molecular formula is C15H16INO. The van der Waals surface area contributed by atoms with Gasteiger partial charge in [-0.2, -0.15) is 0 Å². The van der Waals surface area contributed by atoms with E-state index in [0.29, 0.717) is 0 Å². The molecular weight excluding hydrogens is 337 g/mol. The van der Waals surface area contributed by atoms with E-state index in [1.54, 1.807) is 0 Å². The van der Waals surface area contributed by atoms with Crippen LogP contribution in [0.4, 0.5) is 5.69 Å². The molecule has 0 aliphatic rings. The second-order valence-electron chi connectivity index (χ2n) is 4.19. The molecule has 0 saturated carbocycles. The lowest BCUT2D eigenvalue weighted by Crippen LogP contribution is -1.91. The van der Waals surface area contributed by atoms with Gasteiger partial charge in [0.1, 0.15) is 11.5 Å². The minimum atomic E-state index is 0.755. The monoisotopic (exact) mass is 353 g/mol. The molecule has 0 amide bonds. The van der Waals surface area contributed by atoms with E-state index in [0.717, 1.165) is 33.6 Å². The predicted molar refractivity (Wildman–Crippen MR) is 84.1 cm³/mol. The normalized spacial score (nSPS) is 10.3. The molecule has 0 heterocycles. The number of halogens is 1. The van der Waals surface area contributed by atoms with E-state index in [1.807, 2.05) is 30.3 Å². The Labute approximate surface area is 121 Å². The van der Waals surface area contributed by atoms with E-state index in [-0.39, 0.29) is 0 Å². The van der Waals surface area contributed by atoms with Crippen LogP contribution in [0.2, 0.25) is 0 Å². The molecule has 0 fully saturated rings. The molecule has 0 aliphatic heterocycles. The van der Waals surface area contributed by atoms with Crippen LogP contribution in [0.15, 0.2) is 42.5 Å². The van der Waals surface area contributed by atoms with Gasteiger partial charge >= 0.3 is 0 Å². The summed E-state index contributed by atoms with van der Waals surface area (Å²) in [7, 11) is 0. The first kappa shape index (κ1) is 13.2. The molecule has 0 unspecified atom stereocenters. The van der Waals surface area contributed by atoms with Gasteiger partial charge in [0, 0.05) is 5.69 Å². The minimum Gasteiger partial charge on any atom is -0.456 e. The van der Waals surface area contributed by atoms with Gasteiger partial charge in [0.25, 0.3) is 0 Å². The summed E-state index contributed by atoms with van der Waals surface area (Å²) in [6, 6.07) is 13.9. The van der Waals surface area contributed by atoms with Crippen LogP contribution >= 0.6 is 22.6 Å². The lowest BCUT2D eigenvalue weighted by molar-refractivity contribution is 0.479. The molecule has 0 atom stereocenters. The highest BCUT2D eigenvalue weighted by Crippen LogP contribution is 2.28. The Balaban J connectivity index is 2.13. The SMILES string of the molecule is CCCc1ccc(Oc2ccc(N)cc2I)cc1. The molecule has 94 valence electrons. The number of aryl methyl sites for hydroxylation is 1. The van der Waals surface area contributed by atoms with Crippen LogP contribution < -0.4 is 10.5 Å². The minimum absolute atomic E-state index is 0.755. The fraction of sp³-hybridized carbons (Fsp3) is 0.200. The van der Waals surface area contributed by atoms with Gasteiger partial charge in [0.15, 0.2) is 0 Å². The Kier molecular flexibility index (Phi) is 4.47. The van der Waals surface area contributed by atoms with Crippen LogP contribution in [-0.4, -0.2) is 0 Å². The molecule has 3 heteroatoms. The number of ether oxygens (including phenoxy) is 1. The number of benzene rings is 2. The summed E-state index contributed by atoms with van der Waals surface area (Å²) in [5.41, 5.74) is 7.81. The van der Waals surface area contributed by atoms with Crippen molar-refractivity contribution in [2.75, 3.05) is 5.73 Å². The zero-order valence-electron chi connectivity index (χ0n) is 10.3. The molecule has 0 aromatic heterocycles. The van der Waals surface area contributed by atoms with Crippen molar-refractivity contribution in [3.05, 3.63) is 51.6 Å². The largest absolute Gasteiger partial charge is 0.456 e. The van der Waals surface area contributed by atoms with Crippen molar-refractivity contribution in [1.29, 1.82) is 0 Å². The fourth-order valence-electron chi connectivity index (χ4n) is 1.74. The van der Waals surface area contributed by atoms with E-state index < -0.39 is 0 Å². The standard InChI is InChI=1S/C15H16INO/c1-2-3-11-4-7-13(8-5-11)18-15-9-6-12(17)10-14(15)16/h4-10H,2-3,17H2,1H3. The first-order valence-corrected chi connectivity index (χ1v) is 7.08. The topological polar surface area (TPSA) is 35.2 Å². The lowest BCUT2D eigenvalue weighted by Gasteiger charge is -2.09. The van der Waals surface area contributed by atoms with Crippen molar-refractivity contribution < 1.29 is 4.74 Å². The third-order valence-electron chi connectivity index (χ3n) is 2.65. The zero-order chi connectivity index (χ0) is 13.0. The molecule has 18 heavy (non-hydrogen) atoms. The highest BCUT2D eigenvalue weighted by molar-refractivity contribution is 14.1. The van der Waals surface area contributed by atoms with E-state index in [4.69, 9.17) is 10.5 Å². The molecule has 0 radical (unpaired) electrons. The highest BCUT2D eigenvalue weighted by atomic mass is 127. The number of hydrogen-bond acceptors (Lipinski definition) is 2. The molecule has 0 spiro atoms. The second kappa shape index (κ2) is 6.09. The van der Waals surface area contributed by atoms with Crippen molar-refractivity contribution in [3.63, 3.8) is 0 Å². The van der Waals surface area contributed by atoms with Gasteiger partial charge in [-0.05, 0) is 64.9 Å². The number of rotatable bonds is 4. The Bertz CT molecular complexity index is 523. The quantitative estimate of drug-likeness (QED) is 0.643. The first-order chi connectivity index (χ1) is 8.69. The molecule has 0 aliphatic carbocycles. The summed E-state index contributed by atoms with van der Waals surface area (Å²) in [5.74, 6) is 1.70. The molecule has 2 aromatic carbocycles. The van der Waals surface area contributed by atoms with Crippen molar-refractivity contribution in [3.8, 4) is 11.5 Å². The number of nitrogen functional groups attached to an aromatic ring is 1. The third kappa shape index (κ3) is 3.38. The fourth-order valence-corrected chi connectivity index (χ4v) is 2.39. The van der Waals surface area contributed by atoms with Gasteiger partial charge in [-0.15, -0.1) is 0 Å². The maximum Gasteiger partial charge on any atom is 0.140 e. The summed E-state index contributed by atoms with van der Waals surface area (Å²) < 4.78 is 6.85. The number of hydrogen-bond donors (Lipinski definition) is 1. The van der Waals surface area contributed by atoms with Gasteiger partial charge in [0.05, 0.1) is 3.57 Å². The molecule has 2 rings (SSSR count). The zero-order valence-corrected chi connectivity index (χ0v) is 12.5. The Morgan fingerprint density at radius 3 is 2.44 bits per heavy atom. The second-order valence-corrected chi connectivity index (χ2v) is 5.35. The van der Waals surface area contributed by atoms with Gasteiger partial charge < -0.3 is 10.5 Å². The van der Waals surface area contributed by atoms with Crippen LogP contribution in [0.3, 0.4) is 0 Å². The van der Waals surface area contributed by atoms with E-state index in [9.17, 15) is 0 Å². The maximum atomic E-state index is 5.83. The van der Waals surface area contributed by atoms with Crippen LogP contribution in [0, 0.1) is 3.57 Å². The van der Waals surface area contributed by atoms with E-state index in [1.165, 1.54) is 5.56 Å². The van der Waals surface area contributed by atoms with E-state index in [2.05, 4.69) is 41.6 Å². The molecule has 0 bridgehead atoms. The van der Waals surface area contributed by atoms with Gasteiger partial charge in [-0.3, -0.25) is 0 Å². The number of anilines is 1. The summed E-state index contributed by atoms with van der Waals surface area (Å²) in [6.45, 7) is 2.18. The van der Waals surface area contributed by atoms with Crippen molar-refractivity contribution in [1.82, 2.24) is 0 Å². The summed E-state index contributed by atoms with van der Waals surface area (Å²) in [6.07, 6.45) is 2.27.